The average molecular weight is 509 g/mol. The van der Waals surface area contributed by atoms with Crippen molar-refractivity contribution in [2.45, 2.75) is 50.2 Å². The molecule has 2 aromatic rings. The topological polar surface area (TPSA) is 120 Å². The second kappa shape index (κ2) is 14.4. The minimum atomic E-state index is -3.70. The van der Waals surface area contributed by atoms with Gasteiger partial charge in [0.1, 0.15) is 0 Å². The highest BCUT2D eigenvalue weighted by Gasteiger charge is 2.25. The summed E-state index contributed by atoms with van der Waals surface area (Å²) >= 11 is 0. The Morgan fingerprint density at radius 2 is 1.74 bits per heavy atom. The molecule has 2 aromatic carbocycles. The zero-order chi connectivity index (χ0) is 25.8. The molecule has 0 aromatic heterocycles. The molecule has 0 aliphatic carbocycles. The van der Waals surface area contributed by atoms with E-state index in [-0.39, 0.29) is 17.4 Å². The molecule has 196 valence electrons. The van der Waals surface area contributed by atoms with Crippen molar-refractivity contribution in [2.75, 3.05) is 34.0 Å². The Labute approximate surface area is 209 Å². The Morgan fingerprint density at radius 3 is 2.37 bits per heavy atom. The van der Waals surface area contributed by atoms with Gasteiger partial charge in [-0.3, -0.25) is 0 Å². The van der Waals surface area contributed by atoms with Crippen LogP contribution in [0.2, 0.25) is 0 Å². The molecule has 35 heavy (non-hydrogen) atoms. The van der Waals surface area contributed by atoms with Crippen molar-refractivity contribution in [3.8, 4) is 11.5 Å². The van der Waals surface area contributed by atoms with Gasteiger partial charge in [0, 0.05) is 32.7 Å². The van der Waals surface area contributed by atoms with E-state index in [9.17, 15) is 13.5 Å². The van der Waals surface area contributed by atoms with Gasteiger partial charge in [0.15, 0.2) is 11.5 Å². The number of nitrogens with two attached hydrogens (primary N) is 1. The molecule has 0 amide bonds. The van der Waals surface area contributed by atoms with Gasteiger partial charge in [-0.05, 0) is 54.5 Å². The lowest BCUT2D eigenvalue weighted by atomic mass is 9.83. The summed E-state index contributed by atoms with van der Waals surface area (Å²) < 4.78 is 43.7. The first kappa shape index (κ1) is 29.1. The molecule has 0 saturated carbocycles. The number of hydrogen-bond donors (Lipinski definition) is 3. The fourth-order valence-electron chi connectivity index (χ4n) is 3.78. The molecule has 0 aliphatic rings. The third kappa shape index (κ3) is 9.42. The molecule has 0 bridgehead atoms. The quantitative estimate of drug-likeness (QED) is 0.298. The standard InChI is InChI=1S/C26H40N2O6S/c1-19(2)21(15-20-11-12-25(33-4)26(16-20)34-14-8-13-32-3)17-23(27)24(29)18-28-35(30,31)22-9-6-5-7-10-22/h5-7,9-12,16,19,21,23-24,28-29H,8,13-15,17-18,27H2,1-4H3. The normalized spacial score (nSPS) is 14.5. The second-order valence-electron chi connectivity index (χ2n) is 9.02. The maximum absolute atomic E-state index is 12.4. The van der Waals surface area contributed by atoms with E-state index in [0.29, 0.717) is 37.1 Å². The van der Waals surface area contributed by atoms with E-state index in [2.05, 4.69) is 18.6 Å². The highest BCUT2D eigenvalue weighted by Crippen LogP contribution is 2.31. The molecule has 0 saturated heterocycles. The summed E-state index contributed by atoms with van der Waals surface area (Å²) in [5.74, 6) is 1.84. The van der Waals surface area contributed by atoms with Crippen LogP contribution in [0.5, 0.6) is 11.5 Å². The molecule has 3 unspecified atom stereocenters. The van der Waals surface area contributed by atoms with Crippen molar-refractivity contribution in [1.29, 1.82) is 0 Å². The summed E-state index contributed by atoms with van der Waals surface area (Å²) in [7, 11) is -0.433. The van der Waals surface area contributed by atoms with E-state index < -0.39 is 22.2 Å². The molecule has 0 fully saturated rings. The molecule has 8 nitrogen and oxygen atoms in total. The maximum atomic E-state index is 12.4. The summed E-state index contributed by atoms with van der Waals surface area (Å²) in [6.45, 7) is 5.24. The first-order chi connectivity index (χ1) is 16.7. The number of nitrogens with one attached hydrogen (secondary N) is 1. The number of ether oxygens (including phenoxy) is 3. The van der Waals surface area contributed by atoms with Gasteiger partial charge in [0.05, 0.1) is 24.7 Å². The number of aliphatic hydroxyl groups excluding tert-OH is 1. The van der Waals surface area contributed by atoms with Crippen LogP contribution < -0.4 is 19.9 Å². The van der Waals surface area contributed by atoms with Crippen LogP contribution in [-0.4, -0.2) is 59.6 Å². The fraction of sp³-hybridized carbons (Fsp3) is 0.538. The summed E-state index contributed by atoms with van der Waals surface area (Å²) in [4.78, 5) is 0.153. The molecular weight excluding hydrogens is 468 g/mol. The first-order valence-electron chi connectivity index (χ1n) is 11.9. The Kier molecular flexibility index (Phi) is 12.0. The summed E-state index contributed by atoms with van der Waals surface area (Å²) in [6, 6.07) is 13.4. The lowest BCUT2D eigenvalue weighted by molar-refractivity contribution is 0.129. The number of benzene rings is 2. The van der Waals surface area contributed by atoms with E-state index >= 15 is 0 Å². The molecule has 0 radical (unpaired) electrons. The van der Waals surface area contributed by atoms with E-state index in [0.717, 1.165) is 18.4 Å². The Hall–Kier alpha value is -2.17. The summed E-state index contributed by atoms with van der Waals surface area (Å²) in [5.41, 5.74) is 7.39. The van der Waals surface area contributed by atoms with Gasteiger partial charge in [-0.2, -0.15) is 0 Å². The van der Waals surface area contributed by atoms with Crippen LogP contribution in [0.1, 0.15) is 32.3 Å². The van der Waals surface area contributed by atoms with Crippen LogP contribution >= 0.6 is 0 Å². The van der Waals surface area contributed by atoms with E-state index in [1.165, 1.54) is 12.1 Å². The summed E-state index contributed by atoms with van der Waals surface area (Å²) in [6.07, 6.45) is 1.05. The lowest BCUT2D eigenvalue weighted by Gasteiger charge is -2.27. The molecule has 9 heteroatoms. The van der Waals surface area contributed by atoms with E-state index in [4.69, 9.17) is 19.9 Å². The SMILES string of the molecule is COCCCOc1cc(CC(CC(N)C(O)CNS(=O)(=O)c2ccccc2)C(C)C)ccc1OC. The number of rotatable bonds is 16. The van der Waals surface area contributed by atoms with Crippen molar-refractivity contribution in [3.05, 3.63) is 54.1 Å². The van der Waals surface area contributed by atoms with Crippen molar-refractivity contribution >= 4 is 10.0 Å². The maximum Gasteiger partial charge on any atom is 0.240 e. The van der Waals surface area contributed by atoms with Crippen LogP contribution in [0.3, 0.4) is 0 Å². The number of hydrogen-bond acceptors (Lipinski definition) is 7. The lowest BCUT2D eigenvalue weighted by Crippen LogP contribution is -2.44. The van der Waals surface area contributed by atoms with Crippen molar-refractivity contribution in [2.24, 2.45) is 17.6 Å². The van der Waals surface area contributed by atoms with Gasteiger partial charge >= 0.3 is 0 Å². The zero-order valence-corrected chi connectivity index (χ0v) is 22.0. The van der Waals surface area contributed by atoms with Gasteiger partial charge in [-0.15, -0.1) is 0 Å². The Balaban J connectivity index is 1.99. The van der Waals surface area contributed by atoms with Gasteiger partial charge in [0.2, 0.25) is 10.0 Å². The van der Waals surface area contributed by atoms with Crippen LogP contribution in [0.4, 0.5) is 0 Å². The fourth-order valence-corrected chi connectivity index (χ4v) is 4.85. The van der Waals surface area contributed by atoms with Crippen LogP contribution in [-0.2, 0) is 21.2 Å². The van der Waals surface area contributed by atoms with E-state index in [1.54, 1.807) is 32.4 Å². The van der Waals surface area contributed by atoms with Gasteiger partial charge in [-0.25, -0.2) is 13.1 Å². The number of methoxy groups -OCH3 is 2. The molecule has 2 rings (SSSR count). The van der Waals surface area contributed by atoms with Crippen molar-refractivity contribution < 1.29 is 27.7 Å². The minimum Gasteiger partial charge on any atom is -0.493 e. The molecule has 4 N–H and O–H groups in total. The molecular formula is C26H40N2O6S. The number of sulfonamides is 1. The van der Waals surface area contributed by atoms with Gasteiger partial charge < -0.3 is 25.1 Å². The highest BCUT2D eigenvalue weighted by atomic mass is 32.2. The van der Waals surface area contributed by atoms with Crippen LogP contribution in [0.25, 0.3) is 0 Å². The largest absolute Gasteiger partial charge is 0.493 e. The molecule has 0 heterocycles. The third-order valence-electron chi connectivity index (χ3n) is 6.02. The molecule has 0 aliphatic heterocycles. The zero-order valence-electron chi connectivity index (χ0n) is 21.1. The number of aliphatic hydroxyl groups is 1. The average Bonchev–Trinajstić information content (AvgIpc) is 2.85. The predicted molar refractivity (Wildman–Crippen MR) is 137 cm³/mol. The predicted octanol–water partition coefficient (Wildman–Crippen LogP) is 2.98. The monoisotopic (exact) mass is 508 g/mol. The van der Waals surface area contributed by atoms with E-state index in [1.807, 2.05) is 18.2 Å². The minimum absolute atomic E-state index is 0.148. The van der Waals surface area contributed by atoms with Crippen LogP contribution in [0, 0.1) is 11.8 Å². The molecule has 3 atom stereocenters. The Morgan fingerprint density at radius 1 is 1.03 bits per heavy atom. The highest BCUT2D eigenvalue weighted by molar-refractivity contribution is 7.89. The van der Waals surface area contributed by atoms with Gasteiger partial charge in [-0.1, -0.05) is 38.1 Å². The van der Waals surface area contributed by atoms with Crippen molar-refractivity contribution in [3.63, 3.8) is 0 Å². The Bertz CT molecular complexity index is 985. The second-order valence-corrected chi connectivity index (χ2v) is 10.8. The first-order valence-corrected chi connectivity index (χ1v) is 13.4. The van der Waals surface area contributed by atoms with Crippen LogP contribution in [0.15, 0.2) is 53.4 Å². The summed E-state index contributed by atoms with van der Waals surface area (Å²) in [5, 5.41) is 10.6. The third-order valence-corrected chi connectivity index (χ3v) is 7.46. The molecule has 0 spiro atoms. The van der Waals surface area contributed by atoms with Crippen molar-refractivity contribution in [1.82, 2.24) is 4.72 Å². The smallest absolute Gasteiger partial charge is 0.240 e. The van der Waals surface area contributed by atoms with Gasteiger partial charge in [0.25, 0.3) is 0 Å².